The van der Waals surface area contributed by atoms with Gasteiger partial charge in [0.05, 0.1) is 18.8 Å². The van der Waals surface area contributed by atoms with Gasteiger partial charge in [0.25, 0.3) is 0 Å². The van der Waals surface area contributed by atoms with Crippen LogP contribution >= 0.6 is 0 Å². The van der Waals surface area contributed by atoms with Gasteiger partial charge in [-0.15, -0.1) is 0 Å². The summed E-state index contributed by atoms with van der Waals surface area (Å²) in [4.78, 5) is 11.7. The van der Waals surface area contributed by atoms with Crippen molar-refractivity contribution in [2.75, 3.05) is 6.61 Å². The molecule has 0 aromatic heterocycles. The topological polar surface area (TPSA) is 38.8 Å². The van der Waals surface area contributed by atoms with E-state index < -0.39 is 0 Å². The molecule has 2 aliphatic rings. The molecule has 1 aliphatic carbocycles. The maximum absolute atomic E-state index is 11.7. The third-order valence-corrected chi connectivity index (χ3v) is 3.98. The van der Waals surface area contributed by atoms with Gasteiger partial charge < -0.3 is 9.47 Å². The van der Waals surface area contributed by atoms with Crippen molar-refractivity contribution in [1.29, 1.82) is 0 Å². The molecule has 0 bridgehead atoms. The Labute approximate surface area is 110 Å². The Hall–Kier alpha value is -0.570. The van der Waals surface area contributed by atoms with Gasteiger partial charge in [-0.05, 0) is 43.4 Å². The summed E-state index contributed by atoms with van der Waals surface area (Å²) in [6.45, 7) is 7.11. The van der Waals surface area contributed by atoms with Crippen LogP contribution in [-0.2, 0) is 14.3 Å². The quantitative estimate of drug-likeness (QED) is 0.540. The van der Waals surface area contributed by atoms with Crippen LogP contribution in [0.15, 0.2) is 0 Å². The first kappa shape index (κ1) is 13.9. The Morgan fingerprint density at radius 2 is 2.06 bits per heavy atom. The average molecular weight is 254 g/mol. The second-order valence-corrected chi connectivity index (χ2v) is 6.51. The van der Waals surface area contributed by atoms with Gasteiger partial charge in [-0.1, -0.05) is 20.8 Å². The molecule has 2 rings (SSSR count). The lowest BCUT2D eigenvalue weighted by atomic mass is 9.90. The van der Waals surface area contributed by atoms with E-state index in [2.05, 4.69) is 20.8 Å². The molecule has 18 heavy (non-hydrogen) atoms. The second-order valence-electron chi connectivity index (χ2n) is 6.51. The van der Waals surface area contributed by atoms with Gasteiger partial charge in [0, 0.05) is 6.42 Å². The van der Waals surface area contributed by atoms with Crippen molar-refractivity contribution in [3.8, 4) is 0 Å². The molecule has 4 atom stereocenters. The molecular weight excluding hydrogens is 228 g/mol. The molecule has 4 unspecified atom stereocenters. The van der Waals surface area contributed by atoms with E-state index in [1.54, 1.807) is 0 Å². The Morgan fingerprint density at radius 1 is 1.28 bits per heavy atom. The molecule has 1 heterocycles. The van der Waals surface area contributed by atoms with Crippen molar-refractivity contribution in [3.63, 3.8) is 0 Å². The van der Waals surface area contributed by atoms with Crippen molar-refractivity contribution in [2.24, 2.45) is 17.8 Å². The van der Waals surface area contributed by atoms with E-state index in [1.165, 1.54) is 0 Å². The Bertz CT molecular complexity index is 287. The summed E-state index contributed by atoms with van der Waals surface area (Å²) in [6, 6.07) is 0. The Morgan fingerprint density at radius 3 is 2.72 bits per heavy atom. The van der Waals surface area contributed by atoms with Crippen molar-refractivity contribution in [1.82, 2.24) is 0 Å². The Balaban J connectivity index is 1.59. The molecule has 0 amide bonds. The molecule has 0 spiro atoms. The van der Waals surface area contributed by atoms with Gasteiger partial charge in [0.15, 0.2) is 0 Å². The first-order valence-corrected chi connectivity index (χ1v) is 7.35. The van der Waals surface area contributed by atoms with Crippen molar-refractivity contribution in [3.05, 3.63) is 0 Å². The van der Waals surface area contributed by atoms with Crippen LogP contribution in [0.2, 0.25) is 0 Å². The van der Waals surface area contributed by atoms with E-state index >= 15 is 0 Å². The number of carbonyl (C=O) groups excluding carboxylic acids is 1. The van der Waals surface area contributed by atoms with Crippen LogP contribution in [0, 0.1) is 17.8 Å². The number of fused-ring (bicyclic) bond motifs is 1. The second kappa shape index (κ2) is 6.05. The highest BCUT2D eigenvalue weighted by molar-refractivity contribution is 5.69. The van der Waals surface area contributed by atoms with E-state index in [4.69, 9.17) is 9.47 Å². The van der Waals surface area contributed by atoms with Crippen LogP contribution in [0.3, 0.4) is 0 Å². The number of ether oxygens (including phenoxy) is 2. The maximum atomic E-state index is 11.7. The molecule has 1 saturated carbocycles. The molecular formula is C15H26O3. The summed E-state index contributed by atoms with van der Waals surface area (Å²) in [5.74, 6) is 1.58. The third-order valence-electron chi connectivity index (χ3n) is 3.98. The normalized spacial score (nSPS) is 31.9. The number of rotatable bonds is 6. The van der Waals surface area contributed by atoms with Crippen molar-refractivity contribution < 1.29 is 14.3 Å². The van der Waals surface area contributed by atoms with Gasteiger partial charge in [-0.3, -0.25) is 4.79 Å². The van der Waals surface area contributed by atoms with Crippen LogP contribution in [0.25, 0.3) is 0 Å². The predicted octanol–water partition coefficient (Wildman–Crippen LogP) is 3.17. The zero-order valence-electron chi connectivity index (χ0n) is 11.9. The molecule has 0 N–H and O–H groups in total. The van der Waals surface area contributed by atoms with E-state index in [0.29, 0.717) is 43.0 Å². The minimum Gasteiger partial charge on any atom is -0.465 e. The molecule has 0 aromatic carbocycles. The van der Waals surface area contributed by atoms with Gasteiger partial charge in [-0.2, -0.15) is 0 Å². The smallest absolute Gasteiger partial charge is 0.306 e. The predicted molar refractivity (Wildman–Crippen MR) is 70.2 cm³/mol. The molecule has 1 aliphatic heterocycles. The van der Waals surface area contributed by atoms with E-state index in [0.717, 1.165) is 25.7 Å². The standard InChI is InChI=1S/C15H26O3/c1-10(2)6-11(3)7-15(16)17-9-12-4-5-13-14(8-12)18-13/h10-14H,4-9H2,1-3H3. The van der Waals surface area contributed by atoms with Gasteiger partial charge in [0.2, 0.25) is 0 Å². The summed E-state index contributed by atoms with van der Waals surface area (Å²) in [6.07, 6.45) is 6.04. The molecule has 1 saturated heterocycles. The average Bonchev–Trinajstić information content (AvgIpc) is 3.03. The van der Waals surface area contributed by atoms with Gasteiger partial charge in [-0.25, -0.2) is 0 Å². The lowest BCUT2D eigenvalue weighted by molar-refractivity contribution is -0.146. The summed E-state index contributed by atoms with van der Waals surface area (Å²) in [5, 5.41) is 0. The summed E-state index contributed by atoms with van der Waals surface area (Å²) >= 11 is 0. The molecule has 104 valence electrons. The fourth-order valence-corrected chi connectivity index (χ4v) is 3.08. The highest BCUT2D eigenvalue weighted by atomic mass is 16.6. The van der Waals surface area contributed by atoms with Crippen molar-refractivity contribution in [2.45, 2.75) is 65.1 Å². The van der Waals surface area contributed by atoms with Crippen LogP contribution in [0.1, 0.15) is 52.9 Å². The van der Waals surface area contributed by atoms with E-state index in [-0.39, 0.29) is 5.97 Å². The van der Waals surface area contributed by atoms with E-state index in [1.807, 2.05) is 0 Å². The largest absolute Gasteiger partial charge is 0.465 e. The lowest BCUT2D eigenvalue weighted by Gasteiger charge is -2.19. The highest BCUT2D eigenvalue weighted by Crippen LogP contribution is 2.39. The molecule has 3 heteroatoms. The summed E-state index contributed by atoms with van der Waals surface area (Å²) in [5.41, 5.74) is 0. The zero-order chi connectivity index (χ0) is 13.1. The minimum absolute atomic E-state index is 0.0259. The molecule has 0 aromatic rings. The van der Waals surface area contributed by atoms with Gasteiger partial charge >= 0.3 is 5.97 Å². The Kier molecular flexibility index (Phi) is 4.66. The highest BCUT2D eigenvalue weighted by Gasteiger charge is 2.43. The van der Waals surface area contributed by atoms with E-state index in [9.17, 15) is 4.79 Å². The van der Waals surface area contributed by atoms with Crippen LogP contribution in [-0.4, -0.2) is 24.8 Å². The molecule has 0 radical (unpaired) electrons. The summed E-state index contributed by atoms with van der Waals surface area (Å²) < 4.78 is 10.9. The molecule has 2 fully saturated rings. The first-order valence-electron chi connectivity index (χ1n) is 7.35. The number of carbonyl (C=O) groups is 1. The van der Waals surface area contributed by atoms with Crippen LogP contribution in [0.5, 0.6) is 0 Å². The van der Waals surface area contributed by atoms with Gasteiger partial charge in [0.1, 0.15) is 0 Å². The number of hydrogen-bond acceptors (Lipinski definition) is 3. The number of epoxide rings is 1. The maximum Gasteiger partial charge on any atom is 0.306 e. The first-order chi connectivity index (χ1) is 8.54. The SMILES string of the molecule is CC(C)CC(C)CC(=O)OCC1CCC2OC2C1. The zero-order valence-corrected chi connectivity index (χ0v) is 11.9. The number of hydrogen-bond donors (Lipinski definition) is 0. The molecule has 3 nitrogen and oxygen atoms in total. The fraction of sp³-hybridized carbons (Fsp3) is 0.933. The van der Waals surface area contributed by atoms with Crippen LogP contribution in [0.4, 0.5) is 0 Å². The fourth-order valence-electron chi connectivity index (χ4n) is 3.08. The number of esters is 1. The van der Waals surface area contributed by atoms with Crippen LogP contribution < -0.4 is 0 Å². The monoisotopic (exact) mass is 254 g/mol. The lowest BCUT2D eigenvalue weighted by Crippen LogP contribution is -2.21. The minimum atomic E-state index is -0.0259. The van der Waals surface area contributed by atoms with Crippen molar-refractivity contribution >= 4 is 5.97 Å². The summed E-state index contributed by atoms with van der Waals surface area (Å²) in [7, 11) is 0. The third kappa shape index (κ3) is 4.27.